The van der Waals surface area contributed by atoms with E-state index in [0.29, 0.717) is 25.8 Å². The van der Waals surface area contributed by atoms with Crippen molar-refractivity contribution in [3.8, 4) is 0 Å². The lowest BCUT2D eigenvalue weighted by atomic mass is 10.0. The zero-order valence-corrected chi connectivity index (χ0v) is 33.6. The monoisotopic (exact) mass is 829 g/mol. The first-order valence-corrected chi connectivity index (χ1v) is 19.9. The molecule has 2 aromatic carbocycles. The molecule has 0 aliphatic rings. The number of rotatable bonds is 25. The van der Waals surface area contributed by atoms with Gasteiger partial charge in [0.1, 0.15) is 24.2 Å². The lowest BCUT2D eigenvalue weighted by molar-refractivity contribution is -0.134. The van der Waals surface area contributed by atoms with Crippen LogP contribution in [0.5, 0.6) is 0 Å². The Hall–Kier alpha value is -6.67. The second-order valence-electron chi connectivity index (χ2n) is 14.6. The van der Waals surface area contributed by atoms with Gasteiger partial charge < -0.3 is 71.4 Å². The Labute approximate surface area is 347 Å². The van der Waals surface area contributed by atoms with E-state index >= 15 is 0 Å². The van der Waals surface area contributed by atoms with E-state index in [4.69, 9.17) is 40.1 Å². The SMILES string of the molecule is NCCCC[C@H](NC(=O)[C@H](Cc1c[nH]c2ccccc12)NC(=O)[C@@H](N)Cc1c[nH]c2ccccc12)C(=O)N[C@@H](CCCN=C(N)N)C(=O)N[C@@H](CCCN=C(N)N)C(N)=O. The summed E-state index contributed by atoms with van der Waals surface area (Å²) in [6.45, 7) is 0.681. The summed E-state index contributed by atoms with van der Waals surface area (Å²) in [5.74, 6) is -3.66. The summed E-state index contributed by atoms with van der Waals surface area (Å²) in [7, 11) is 0. The molecule has 0 fully saturated rings. The van der Waals surface area contributed by atoms with Gasteiger partial charge in [-0.3, -0.25) is 34.0 Å². The molecule has 0 spiro atoms. The number of aromatic amines is 2. The lowest BCUT2D eigenvalue weighted by Crippen LogP contribution is -2.59. The number of carbonyl (C=O) groups excluding carboxylic acids is 5. The van der Waals surface area contributed by atoms with Crippen molar-refractivity contribution in [2.45, 2.75) is 88.0 Å². The Morgan fingerprint density at radius 1 is 0.550 bits per heavy atom. The third kappa shape index (κ3) is 14.0. The molecule has 4 rings (SSSR count). The highest BCUT2D eigenvalue weighted by Gasteiger charge is 2.32. The molecule has 0 aliphatic carbocycles. The minimum absolute atomic E-state index is 0.0604. The van der Waals surface area contributed by atoms with Gasteiger partial charge >= 0.3 is 0 Å². The highest BCUT2D eigenvalue weighted by Crippen LogP contribution is 2.21. The minimum Gasteiger partial charge on any atom is -0.370 e. The van der Waals surface area contributed by atoms with Crippen molar-refractivity contribution in [2.75, 3.05) is 19.6 Å². The van der Waals surface area contributed by atoms with E-state index in [0.717, 1.165) is 32.9 Å². The number of amides is 5. The number of hydrogen-bond donors (Lipinski definition) is 13. The number of H-pyrrole nitrogens is 2. The summed E-state index contributed by atoms with van der Waals surface area (Å²) in [6.07, 6.45) is 5.74. The van der Waals surface area contributed by atoms with Crippen LogP contribution in [0.3, 0.4) is 0 Å². The number of fused-ring (bicyclic) bond motifs is 2. The van der Waals surface area contributed by atoms with Crippen molar-refractivity contribution in [1.29, 1.82) is 0 Å². The van der Waals surface area contributed by atoms with Gasteiger partial charge in [0.25, 0.3) is 0 Å². The number of nitrogens with two attached hydrogens (primary N) is 7. The molecule has 2 aromatic heterocycles. The van der Waals surface area contributed by atoms with Crippen LogP contribution in [0.15, 0.2) is 70.9 Å². The van der Waals surface area contributed by atoms with Gasteiger partial charge in [0.05, 0.1) is 6.04 Å². The summed E-state index contributed by atoms with van der Waals surface area (Å²) in [5, 5.41) is 12.8. The van der Waals surface area contributed by atoms with E-state index in [2.05, 4.69) is 41.2 Å². The van der Waals surface area contributed by atoms with Crippen LogP contribution in [0.1, 0.15) is 56.1 Å². The summed E-state index contributed by atoms with van der Waals surface area (Å²) in [6, 6.07) is 9.55. The van der Waals surface area contributed by atoms with Crippen LogP contribution in [-0.2, 0) is 36.8 Å². The van der Waals surface area contributed by atoms with Gasteiger partial charge in [0.15, 0.2) is 11.9 Å². The Morgan fingerprint density at radius 3 is 1.48 bits per heavy atom. The summed E-state index contributed by atoms with van der Waals surface area (Å²) < 4.78 is 0. The molecule has 324 valence electrons. The van der Waals surface area contributed by atoms with Crippen LogP contribution < -0.4 is 61.4 Å². The maximum atomic E-state index is 14.3. The van der Waals surface area contributed by atoms with Crippen LogP contribution in [-0.4, -0.2) is 101 Å². The molecule has 20 nitrogen and oxygen atoms in total. The first-order valence-electron chi connectivity index (χ1n) is 19.9. The maximum absolute atomic E-state index is 14.3. The number of hydrogen-bond acceptors (Lipinski definition) is 9. The zero-order chi connectivity index (χ0) is 43.6. The predicted molar refractivity (Wildman–Crippen MR) is 232 cm³/mol. The van der Waals surface area contributed by atoms with Crippen LogP contribution >= 0.6 is 0 Å². The molecule has 0 bridgehead atoms. The normalized spacial score (nSPS) is 13.6. The molecule has 4 aromatic rings. The largest absolute Gasteiger partial charge is 0.370 e. The van der Waals surface area contributed by atoms with E-state index in [-0.39, 0.29) is 63.5 Å². The quantitative estimate of drug-likeness (QED) is 0.0205. The number of aromatic nitrogens is 2. The Balaban J connectivity index is 1.56. The average Bonchev–Trinajstić information content (AvgIpc) is 3.82. The fourth-order valence-electron chi connectivity index (χ4n) is 6.78. The standard InChI is InChI=1S/C40H59N15O5/c41-16-6-5-13-31(37(59)53-32(15-8-18-49-40(46)47)36(58)52-30(34(43)56)14-7-17-48-39(44)45)54-38(60)33(20-24-22-51-29-12-4-2-10-26(24)29)55-35(57)27(42)19-23-21-50-28-11-3-1-9-25(23)28/h1-4,9-12,21-22,27,30-33,50-51H,5-8,13-20,41-42H2,(H2,43,56)(H,52,58)(H,53,59)(H,54,60)(H,55,57)(H4,44,45,48)(H4,46,47,49)/t27-,30-,31-,32-,33-/m0/s1. The molecule has 60 heavy (non-hydrogen) atoms. The van der Waals surface area contributed by atoms with Crippen LogP contribution in [0.25, 0.3) is 21.8 Å². The number of benzene rings is 2. The van der Waals surface area contributed by atoms with Gasteiger partial charge in [-0.15, -0.1) is 0 Å². The maximum Gasteiger partial charge on any atom is 0.243 e. The van der Waals surface area contributed by atoms with Gasteiger partial charge in [-0.2, -0.15) is 0 Å². The number of aliphatic imine (C=N–C) groups is 2. The summed E-state index contributed by atoms with van der Waals surface area (Å²) >= 11 is 0. The van der Waals surface area contributed by atoms with E-state index in [9.17, 15) is 24.0 Å². The number of nitrogens with one attached hydrogen (secondary N) is 6. The van der Waals surface area contributed by atoms with E-state index in [1.54, 1.807) is 12.4 Å². The first-order chi connectivity index (χ1) is 28.8. The third-order valence-corrected chi connectivity index (χ3v) is 9.95. The number of unbranched alkanes of at least 4 members (excludes halogenated alkanes) is 1. The van der Waals surface area contributed by atoms with Crippen molar-refractivity contribution in [3.63, 3.8) is 0 Å². The van der Waals surface area contributed by atoms with Gasteiger partial charge in [-0.05, 0) is 81.2 Å². The topological polar surface area (TPSA) is 372 Å². The van der Waals surface area contributed by atoms with Crippen molar-refractivity contribution < 1.29 is 24.0 Å². The second kappa shape index (κ2) is 23.1. The number of guanidine groups is 2. The molecular weight excluding hydrogens is 771 g/mol. The second-order valence-corrected chi connectivity index (χ2v) is 14.6. The van der Waals surface area contributed by atoms with E-state index in [1.807, 2.05) is 48.5 Å². The molecular formula is C40H59N15O5. The molecule has 20 N–H and O–H groups in total. The van der Waals surface area contributed by atoms with Crippen molar-refractivity contribution >= 4 is 63.3 Å². The fourth-order valence-corrected chi connectivity index (χ4v) is 6.78. The molecule has 5 amide bonds. The minimum atomic E-state index is -1.19. The number of nitrogens with zero attached hydrogens (tertiary/aromatic N) is 2. The fraction of sp³-hybridized carbons (Fsp3) is 0.425. The Morgan fingerprint density at radius 2 is 0.983 bits per heavy atom. The average molecular weight is 830 g/mol. The van der Waals surface area contributed by atoms with Crippen molar-refractivity contribution in [1.82, 2.24) is 31.2 Å². The summed E-state index contributed by atoms with van der Waals surface area (Å²) in [4.78, 5) is 82.3. The lowest BCUT2D eigenvalue weighted by Gasteiger charge is -2.27. The van der Waals surface area contributed by atoms with Crippen molar-refractivity contribution in [3.05, 3.63) is 72.1 Å². The first kappa shape index (κ1) is 46.0. The van der Waals surface area contributed by atoms with Gasteiger partial charge in [0.2, 0.25) is 29.5 Å². The molecule has 0 unspecified atom stereocenters. The molecule has 0 radical (unpaired) electrons. The molecule has 5 atom stereocenters. The molecule has 0 saturated carbocycles. The molecule has 2 heterocycles. The van der Waals surface area contributed by atoms with Gasteiger partial charge in [-0.1, -0.05) is 36.4 Å². The smallest absolute Gasteiger partial charge is 0.243 e. The highest BCUT2D eigenvalue weighted by atomic mass is 16.2. The van der Waals surface area contributed by atoms with Gasteiger partial charge in [0, 0.05) is 53.7 Å². The number of carbonyl (C=O) groups is 5. The van der Waals surface area contributed by atoms with E-state index < -0.39 is 59.7 Å². The highest BCUT2D eigenvalue weighted by molar-refractivity contribution is 5.96. The van der Waals surface area contributed by atoms with Crippen LogP contribution in [0.4, 0.5) is 0 Å². The summed E-state index contributed by atoms with van der Waals surface area (Å²) in [5.41, 5.74) is 42.9. The Kier molecular flexibility index (Phi) is 17.7. The third-order valence-electron chi connectivity index (χ3n) is 9.95. The Bertz CT molecular complexity index is 2120. The van der Waals surface area contributed by atoms with E-state index in [1.165, 1.54) is 0 Å². The van der Waals surface area contributed by atoms with Crippen LogP contribution in [0, 0.1) is 0 Å². The van der Waals surface area contributed by atoms with Crippen molar-refractivity contribution in [2.24, 2.45) is 50.1 Å². The molecule has 0 saturated heterocycles. The van der Waals surface area contributed by atoms with Crippen LogP contribution in [0.2, 0.25) is 0 Å². The molecule has 20 heteroatoms. The number of primary amides is 1. The predicted octanol–water partition coefficient (Wildman–Crippen LogP) is -1.58. The zero-order valence-electron chi connectivity index (χ0n) is 33.6. The number of para-hydroxylation sites is 2. The van der Waals surface area contributed by atoms with Gasteiger partial charge in [-0.25, -0.2) is 0 Å². The molecule has 0 aliphatic heterocycles.